The van der Waals surface area contributed by atoms with Gasteiger partial charge in [0, 0.05) is 6.42 Å². The highest BCUT2D eigenvalue weighted by Crippen LogP contribution is 2.40. The van der Waals surface area contributed by atoms with Gasteiger partial charge >= 0.3 is 5.97 Å². The van der Waals surface area contributed by atoms with Crippen LogP contribution in [0.4, 0.5) is 0 Å². The van der Waals surface area contributed by atoms with Gasteiger partial charge < -0.3 is 30.6 Å². The van der Waals surface area contributed by atoms with Crippen molar-refractivity contribution >= 4 is 5.97 Å². The summed E-state index contributed by atoms with van der Waals surface area (Å²) in [5.41, 5.74) is 1.44. The lowest BCUT2D eigenvalue weighted by Crippen LogP contribution is -2.45. The Balaban J connectivity index is 0.00000184. The lowest BCUT2D eigenvalue weighted by molar-refractivity contribution is -0.136. The van der Waals surface area contributed by atoms with Crippen molar-refractivity contribution in [2.24, 2.45) is 5.41 Å². The molecule has 0 aliphatic carbocycles. The van der Waals surface area contributed by atoms with Gasteiger partial charge in [-0.3, -0.25) is 4.79 Å². The molecule has 0 fully saturated rings. The van der Waals surface area contributed by atoms with Crippen LogP contribution in [0.25, 0.3) is 0 Å². The van der Waals surface area contributed by atoms with Gasteiger partial charge in [0.15, 0.2) is 0 Å². The van der Waals surface area contributed by atoms with Crippen LogP contribution in [-0.2, 0) is 22.0 Å². The quantitative estimate of drug-likeness (QED) is 0.288. The number of rotatable bonds is 10. The van der Waals surface area contributed by atoms with E-state index in [4.69, 9.17) is 5.11 Å². The lowest BCUT2D eigenvalue weighted by Gasteiger charge is -2.32. The predicted octanol–water partition coefficient (Wildman–Crippen LogP) is 3.51. The Labute approximate surface area is 199 Å². The Kier molecular flexibility index (Phi) is 12.6. The third kappa shape index (κ3) is 9.61. The summed E-state index contributed by atoms with van der Waals surface area (Å²) in [6.07, 6.45) is 2.01. The summed E-state index contributed by atoms with van der Waals surface area (Å²) < 4.78 is 0. The largest absolute Gasteiger partial charge is 0.507 e. The van der Waals surface area contributed by atoms with Gasteiger partial charge in [-0.2, -0.15) is 0 Å². The smallest absolute Gasteiger partial charge is 0.303 e. The number of aliphatic hydroxyl groups excluding tert-OH is 4. The van der Waals surface area contributed by atoms with E-state index in [0.717, 1.165) is 29.5 Å². The molecule has 7 nitrogen and oxygen atoms in total. The summed E-state index contributed by atoms with van der Waals surface area (Å²) in [7, 11) is 0. The van der Waals surface area contributed by atoms with Crippen molar-refractivity contribution in [2.75, 3.05) is 19.8 Å². The minimum atomic E-state index is -1.25. The average Bonchev–Trinajstić information content (AvgIpc) is 2.72. The molecule has 1 aromatic carbocycles. The van der Waals surface area contributed by atoms with Crippen molar-refractivity contribution in [2.45, 2.75) is 97.5 Å². The zero-order valence-electron chi connectivity index (χ0n) is 21.5. The maximum atomic E-state index is 10.8. The number of carbonyl (C=O) groups is 1. The fourth-order valence-corrected chi connectivity index (χ4v) is 3.42. The van der Waals surface area contributed by atoms with Gasteiger partial charge in [0.1, 0.15) is 5.75 Å². The summed E-state index contributed by atoms with van der Waals surface area (Å²) in [5.74, 6) is -0.372. The standard InChI is InChI=1S/C23H40O5.C3H6O2/c1-21(2,3)17-11-16(12-18(20(17)28)22(4,5)6)9-7-8-10-19(27)23(13-24,14-25)15-26;1-2-3(4)5/h11-12,19,24-28H,7-10,13-15H2,1-6H3;2H2,1H3,(H,4,5). The molecule has 0 saturated heterocycles. The summed E-state index contributed by atoms with van der Waals surface area (Å²) in [4.78, 5) is 9.37. The molecule has 33 heavy (non-hydrogen) atoms. The van der Waals surface area contributed by atoms with E-state index >= 15 is 0 Å². The average molecular weight is 471 g/mol. The van der Waals surface area contributed by atoms with Crippen molar-refractivity contribution in [3.8, 4) is 5.75 Å². The Bertz CT molecular complexity index is 682. The highest BCUT2D eigenvalue weighted by molar-refractivity contribution is 5.66. The summed E-state index contributed by atoms with van der Waals surface area (Å²) in [6, 6.07) is 4.14. The lowest BCUT2D eigenvalue weighted by atomic mass is 9.78. The first-order valence-electron chi connectivity index (χ1n) is 11.7. The van der Waals surface area contributed by atoms with Crippen LogP contribution < -0.4 is 0 Å². The summed E-state index contributed by atoms with van der Waals surface area (Å²) in [6.45, 7) is 12.8. The molecule has 1 unspecified atom stereocenters. The molecule has 0 bridgehead atoms. The number of aliphatic carboxylic acids is 1. The molecule has 7 heteroatoms. The van der Waals surface area contributed by atoms with Crippen molar-refractivity contribution < 1.29 is 35.4 Å². The second kappa shape index (κ2) is 13.3. The van der Waals surface area contributed by atoms with E-state index in [0.29, 0.717) is 18.6 Å². The first kappa shape index (κ1) is 31.3. The number of benzene rings is 1. The molecule has 1 rings (SSSR count). The highest BCUT2D eigenvalue weighted by Gasteiger charge is 2.36. The molecule has 0 aliphatic rings. The first-order valence-corrected chi connectivity index (χ1v) is 11.7. The van der Waals surface area contributed by atoms with E-state index in [1.54, 1.807) is 6.92 Å². The van der Waals surface area contributed by atoms with Crippen molar-refractivity contribution in [3.63, 3.8) is 0 Å². The van der Waals surface area contributed by atoms with Crippen molar-refractivity contribution in [1.82, 2.24) is 0 Å². The predicted molar refractivity (Wildman–Crippen MR) is 131 cm³/mol. The normalized spacial score (nSPS) is 13.3. The third-order valence-electron chi connectivity index (χ3n) is 5.93. The topological polar surface area (TPSA) is 138 Å². The number of unbranched alkanes of at least 4 members (excludes halogenated alkanes) is 1. The molecular weight excluding hydrogens is 424 g/mol. The number of hydrogen-bond donors (Lipinski definition) is 6. The van der Waals surface area contributed by atoms with Crippen LogP contribution >= 0.6 is 0 Å². The SMILES string of the molecule is CC(C)(C)c1cc(CCCCC(O)C(CO)(CO)CO)cc(C(C)(C)C)c1O.CCC(=O)O. The molecule has 1 atom stereocenters. The first-order chi connectivity index (χ1) is 15.1. The number of carboxylic acid groups (broad SMARTS) is 1. The number of phenols is 1. The van der Waals surface area contributed by atoms with Crippen LogP contribution in [0.15, 0.2) is 12.1 Å². The van der Waals surface area contributed by atoms with Crippen molar-refractivity contribution in [1.29, 1.82) is 0 Å². The van der Waals surface area contributed by atoms with Gasteiger partial charge in [-0.05, 0) is 46.8 Å². The maximum Gasteiger partial charge on any atom is 0.303 e. The van der Waals surface area contributed by atoms with Crippen LogP contribution in [0, 0.1) is 5.41 Å². The Hall–Kier alpha value is -1.67. The Morgan fingerprint density at radius 2 is 1.27 bits per heavy atom. The van der Waals surface area contributed by atoms with Gasteiger partial charge in [-0.1, -0.05) is 67.0 Å². The molecule has 0 amide bonds. The number of aromatic hydroxyl groups is 1. The van der Waals surface area contributed by atoms with E-state index in [2.05, 4.69) is 53.7 Å². The van der Waals surface area contributed by atoms with Gasteiger partial charge in [0.05, 0.1) is 31.3 Å². The van der Waals surface area contributed by atoms with E-state index in [9.17, 15) is 30.3 Å². The van der Waals surface area contributed by atoms with Gasteiger partial charge in [0.2, 0.25) is 0 Å². The second-order valence-corrected chi connectivity index (χ2v) is 10.9. The number of hydrogen-bond acceptors (Lipinski definition) is 6. The van der Waals surface area contributed by atoms with Crippen LogP contribution in [0.1, 0.15) is 90.8 Å². The van der Waals surface area contributed by atoms with E-state index in [1.165, 1.54) is 0 Å². The van der Waals surface area contributed by atoms with Crippen LogP contribution in [-0.4, -0.2) is 62.5 Å². The minimum Gasteiger partial charge on any atom is -0.507 e. The molecule has 0 aliphatic heterocycles. The molecular formula is C26H46O7. The van der Waals surface area contributed by atoms with Crippen LogP contribution in [0.3, 0.4) is 0 Å². The molecule has 0 aromatic heterocycles. The maximum absolute atomic E-state index is 10.8. The summed E-state index contributed by atoms with van der Waals surface area (Å²) in [5, 5.41) is 57.1. The van der Waals surface area contributed by atoms with Crippen molar-refractivity contribution in [3.05, 3.63) is 28.8 Å². The minimum absolute atomic E-state index is 0.167. The van der Waals surface area contributed by atoms with E-state index in [1.807, 2.05) is 0 Å². The van der Waals surface area contributed by atoms with E-state index in [-0.39, 0.29) is 17.3 Å². The zero-order chi connectivity index (χ0) is 26.0. The number of phenolic OH excluding ortho intramolecular Hbond substituents is 1. The molecule has 0 radical (unpaired) electrons. The van der Waals surface area contributed by atoms with Crippen LogP contribution in [0.2, 0.25) is 0 Å². The molecule has 0 spiro atoms. The molecule has 6 N–H and O–H groups in total. The second-order valence-electron chi connectivity index (χ2n) is 10.9. The third-order valence-corrected chi connectivity index (χ3v) is 5.93. The van der Waals surface area contributed by atoms with Gasteiger partial charge in [-0.15, -0.1) is 0 Å². The monoisotopic (exact) mass is 470 g/mol. The highest BCUT2D eigenvalue weighted by atomic mass is 16.4. The zero-order valence-corrected chi connectivity index (χ0v) is 21.5. The molecule has 192 valence electrons. The number of aryl methyl sites for hydroxylation is 1. The number of carboxylic acids is 1. The fourth-order valence-electron chi connectivity index (χ4n) is 3.42. The molecule has 0 saturated carbocycles. The number of aliphatic hydroxyl groups is 4. The molecule has 0 heterocycles. The Morgan fingerprint density at radius 3 is 1.58 bits per heavy atom. The summed E-state index contributed by atoms with van der Waals surface area (Å²) >= 11 is 0. The van der Waals surface area contributed by atoms with E-state index < -0.39 is 37.3 Å². The molecule has 1 aromatic rings. The van der Waals surface area contributed by atoms with Gasteiger partial charge in [-0.25, -0.2) is 0 Å². The fraction of sp³-hybridized carbons (Fsp3) is 0.731. The van der Waals surface area contributed by atoms with Gasteiger partial charge in [0.25, 0.3) is 0 Å². The Morgan fingerprint density at radius 1 is 0.879 bits per heavy atom. The van der Waals surface area contributed by atoms with Crippen LogP contribution in [0.5, 0.6) is 5.75 Å².